The molecule has 1 fully saturated rings. The summed E-state index contributed by atoms with van der Waals surface area (Å²) >= 11 is 6.32. The van der Waals surface area contributed by atoms with Gasteiger partial charge in [-0.2, -0.15) is 0 Å². The molecule has 3 unspecified atom stereocenters. The predicted molar refractivity (Wildman–Crippen MR) is 129 cm³/mol. The van der Waals surface area contributed by atoms with Crippen molar-refractivity contribution in [1.82, 2.24) is 16.2 Å². The molecule has 4 rings (SSSR count). The third-order valence-corrected chi connectivity index (χ3v) is 5.87. The first-order chi connectivity index (χ1) is 16.5. The summed E-state index contributed by atoms with van der Waals surface area (Å²) in [6, 6.07) is 22.9. The van der Waals surface area contributed by atoms with Crippen molar-refractivity contribution >= 4 is 23.4 Å². The number of halogens is 1. The van der Waals surface area contributed by atoms with Crippen molar-refractivity contribution in [3.63, 3.8) is 0 Å². The van der Waals surface area contributed by atoms with Gasteiger partial charge >= 0.3 is 0 Å². The van der Waals surface area contributed by atoms with Crippen molar-refractivity contribution in [2.75, 3.05) is 13.7 Å². The Balaban J connectivity index is 1.59. The average Bonchev–Trinajstić information content (AvgIpc) is 3.27. The fourth-order valence-electron chi connectivity index (χ4n) is 4.05. The Morgan fingerprint density at radius 3 is 2.26 bits per heavy atom. The molecular weight excluding hydrogens is 456 g/mol. The molecule has 0 aliphatic carbocycles. The van der Waals surface area contributed by atoms with Crippen molar-refractivity contribution in [3.8, 4) is 11.5 Å². The number of nitrogens with one attached hydrogen (secondary N) is 3. The van der Waals surface area contributed by atoms with Crippen molar-refractivity contribution in [2.45, 2.75) is 18.1 Å². The lowest BCUT2D eigenvalue weighted by molar-refractivity contribution is -0.119. The number of carbonyl (C=O) groups is 2. The van der Waals surface area contributed by atoms with Crippen LogP contribution in [0.5, 0.6) is 11.5 Å². The molecule has 1 aliphatic rings. The maximum absolute atomic E-state index is 13.2. The van der Waals surface area contributed by atoms with Crippen LogP contribution in [0.1, 0.15) is 33.4 Å². The van der Waals surface area contributed by atoms with E-state index < -0.39 is 12.1 Å². The molecule has 1 saturated heterocycles. The fourth-order valence-corrected chi connectivity index (χ4v) is 4.31. The van der Waals surface area contributed by atoms with Crippen molar-refractivity contribution in [2.24, 2.45) is 5.73 Å². The summed E-state index contributed by atoms with van der Waals surface area (Å²) in [7, 11) is 1.42. The quantitative estimate of drug-likeness (QED) is 0.394. The minimum atomic E-state index is -0.653. The number of nitrogens with two attached hydrogens (primary N) is 1. The lowest BCUT2D eigenvalue weighted by atomic mass is 9.86. The normalized spacial score (nSPS) is 19.4. The number of hydrogen-bond acceptors (Lipinski definition) is 6. The highest BCUT2D eigenvalue weighted by atomic mass is 35.5. The molecule has 176 valence electrons. The SMILES string of the molecule is COc1cc(C(=O)NC2NNC(c3ccccc3)C2c2ccccc2)cc(Cl)c1OCC(N)=O. The van der Waals surface area contributed by atoms with Crippen LogP contribution < -0.4 is 31.4 Å². The Hall–Kier alpha value is -3.59. The van der Waals surface area contributed by atoms with E-state index in [4.69, 9.17) is 26.8 Å². The van der Waals surface area contributed by atoms with E-state index in [1.807, 2.05) is 48.5 Å². The molecule has 9 heteroatoms. The van der Waals surface area contributed by atoms with E-state index in [2.05, 4.69) is 28.3 Å². The largest absolute Gasteiger partial charge is 0.493 e. The maximum Gasteiger partial charge on any atom is 0.255 e. The van der Waals surface area contributed by atoms with Gasteiger partial charge in [0.25, 0.3) is 11.8 Å². The zero-order valence-electron chi connectivity index (χ0n) is 18.5. The summed E-state index contributed by atoms with van der Waals surface area (Å²) in [5.74, 6) is -0.719. The van der Waals surface area contributed by atoms with Crippen LogP contribution in [-0.2, 0) is 4.79 Å². The molecule has 1 heterocycles. The van der Waals surface area contributed by atoms with Crippen LogP contribution >= 0.6 is 11.6 Å². The van der Waals surface area contributed by atoms with E-state index >= 15 is 0 Å². The predicted octanol–water partition coefficient (Wildman–Crippen LogP) is 2.90. The fraction of sp³-hybridized carbons (Fsp3) is 0.200. The third kappa shape index (κ3) is 5.14. The highest BCUT2D eigenvalue weighted by Crippen LogP contribution is 2.38. The van der Waals surface area contributed by atoms with E-state index in [1.165, 1.54) is 19.2 Å². The zero-order valence-corrected chi connectivity index (χ0v) is 19.2. The number of ether oxygens (including phenoxy) is 2. The molecule has 1 aliphatic heterocycles. The highest BCUT2D eigenvalue weighted by molar-refractivity contribution is 6.32. The number of hydrogen-bond donors (Lipinski definition) is 4. The van der Waals surface area contributed by atoms with Gasteiger partial charge in [-0.25, -0.2) is 10.9 Å². The van der Waals surface area contributed by atoms with Gasteiger partial charge in [0.15, 0.2) is 18.1 Å². The van der Waals surface area contributed by atoms with E-state index in [-0.39, 0.29) is 46.6 Å². The Labute approximate surface area is 202 Å². The standard InChI is InChI=1S/C25H25ClN4O4/c1-33-19-13-17(12-18(26)23(19)34-14-20(27)31)25(32)28-24-21(15-8-4-2-5-9-15)22(29-30-24)16-10-6-3-7-11-16/h2-13,21-22,24,29-30H,14H2,1H3,(H2,27,31)(H,28,32). The van der Waals surface area contributed by atoms with Crippen LogP contribution in [0.3, 0.4) is 0 Å². The molecule has 0 radical (unpaired) electrons. The number of hydrazine groups is 1. The number of primary amides is 1. The molecule has 3 aromatic rings. The van der Waals surface area contributed by atoms with Crippen molar-refractivity contribution in [3.05, 3.63) is 94.5 Å². The average molecular weight is 481 g/mol. The molecule has 0 bridgehead atoms. The minimum absolute atomic E-state index is 0.0587. The van der Waals surface area contributed by atoms with Gasteiger partial charge in [-0.05, 0) is 23.3 Å². The smallest absolute Gasteiger partial charge is 0.255 e. The first-order valence-electron chi connectivity index (χ1n) is 10.7. The first-order valence-corrected chi connectivity index (χ1v) is 11.1. The van der Waals surface area contributed by atoms with Gasteiger partial charge in [0.05, 0.1) is 18.2 Å². The number of rotatable bonds is 8. The minimum Gasteiger partial charge on any atom is -0.493 e. The van der Waals surface area contributed by atoms with Gasteiger partial charge in [-0.1, -0.05) is 72.3 Å². The number of benzene rings is 3. The monoisotopic (exact) mass is 480 g/mol. The summed E-state index contributed by atoms with van der Waals surface area (Å²) in [6.45, 7) is -0.362. The summed E-state index contributed by atoms with van der Waals surface area (Å²) in [5.41, 5.74) is 14.1. The first kappa shape index (κ1) is 23.6. The van der Waals surface area contributed by atoms with Crippen molar-refractivity contribution < 1.29 is 19.1 Å². The highest BCUT2D eigenvalue weighted by Gasteiger charge is 2.38. The molecule has 5 N–H and O–H groups in total. The van der Waals surface area contributed by atoms with E-state index in [1.54, 1.807) is 0 Å². The molecular formula is C25H25ClN4O4. The summed E-state index contributed by atoms with van der Waals surface area (Å²) in [6.07, 6.45) is -0.407. The number of methoxy groups -OCH3 is 1. The molecule has 3 aromatic carbocycles. The van der Waals surface area contributed by atoms with Gasteiger partial charge in [-0.3, -0.25) is 9.59 Å². The summed E-state index contributed by atoms with van der Waals surface area (Å²) in [5, 5.41) is 3.18. The van der Waals surface area contributed by atoms with Crippen LogP contribution in [0.4, 0.5) is 0 Å². The molecule has 0 saturated carbocycles. The Morgan fingerprint density at radius 2 is 1.65 bits per heavy atom. The van der Waals surface area contributed by atoms with Gasteiger partial charge in [0.2, 0.25) is 0 Å². The molecule has 0 aromatic heterocycles. The van der Waals surface area contributed by atoms with Gasteiger partial charge in [-0.15, -0.1) is 0 Å². The van der Waals surface area contributed by atoms with Crippen LogP contribution in [-0.4, -0.2) is 31.7 Å². The zero-order chi connectivity index (χ0) is 24.1. The summed E-state index contributed by atoms with van der Waals surface area (Å²) < 4.78 is 10.7. The molecule has 34 heavy (non-hydrogen) atoms. The van der Waals surface area contributed by atoms with E-state index in [0.29, 0.717) is 0 Å². The second kappa shape index (κ2) is 10.6. The molecule has 3 atom stereocenters. The molecule has 8 nitrogen and oxygen atoms in total. The van der Waals surface area contributed by atoms with Gasteiger partial charge in [0, 0.05) is 11.5 Å². The van der Waals surface area contributed by atoms with E-state index in [9.17, 15) is 9.59 Å². The van der Waals surface area contributed by atoms with Crippen LogP contribution in [0, 0.1) is 0 Å². The van der Waals surface area contributed by atoms with Crippen LogP contribution in [0.15, 0.2) is 72.8 Å². The lowest BCUT2D eigenvalue weighted by Crippen LogP contribution is -2.46. The Morgan fingerprint density at radius 1 is 1.00 bits per heavy atom. The number of carbonyl (C=O) groups excluding carboxylic acids is 2. The second-order valence-corrected chi connectivity index (χ2v) is 8.22. The number of amides is 2. The lowest BCUT2D eigenvalue weighted by Gasteiger charge is -2.25. The van der Waals surface area contributed by atoms with Crippen molar-refractivity contribution in [1.29, 1.82) is 0 Å². The maximum atomic E-state index is 13.2. The van der Waals surface area contributed by atoms with E-state index in [0.717, 1.165) is 11.1 Å². The van der Waals surface area contributed by atoms with Gasteiger partial charge in [0.1, 0.15) is 6.17 Å². The van der Waals surface area contributed by atoms with Crippen LogP contribution in [0.2, 0.25) is 5.02 Å². The van der Waals surface area contributed by atoms with Crippen LogP contribution in [0.25, 0.3) is 0 Å². The van der Waals surface area contributed by atoms with Gasteiger partial charge < -0.3 is 20.5 Å². The Bertz CT molecular complexity index is 1160. The second-order valence-electron chi connectivity index (χ2n) is 7.81. The topological polar surface area (TPSA) is 115 Å². The molecule has 2 amide bonds. The summed E-state index contributed by atoms with van der Waals surface area (Å²) in [4.78, 5) is 24.3. The Kier molecular flexibility index (Phi) is 7.32. The third-order valence-electron chi connectivity index (χ3n) is 5.59. The molecule has 0 spiro atoms.